The number of rotatable bonds is 10. The molecule has 6 aromatic carbocycles. The minimum atomic E-state index is -0.810. The third-order valence-corrected chi connectivity index (χ3v) is 9.06. The van der Waals surface area contributed by atoms with E-state index < -0.39 is 5.41 Å². The van der Waals surface area contributed by atoms with Crippen molar-refractivity contribution in [2.75, 3.05) is 42.3 Å². The first kappa shape index (κ1) is 34.0. The van der Waals surface area contributed by atoms with Gasteiger partial charge in [0.05, 0.1) is 22.5 Å². The lowest BCUT2D eigenvalue weighted by Crippen LogP contribution is -2.29. The Morgan fingerprint density at radius 3 is 1.33 bits per heavy atom. The monoisotopic (exact) mass is 683 g/mol. The third kappa shape index (κ3) is 6.33. The number of benzene rings is 6. The molecular formula is C43H41N9. The molecule has 0 fully saturated rings. The van der Waals surface area contributed by atoms with Gasteiger partial charge in [-0.05, 0) is 69.3 Å². The summed E-state index contributed by atoms with van der Waals surface area (Å²) in [4.78, 5) is 0. The van der Waals surface area contributed by atoms with E-state index in [1.807, 2.05) is 54.4 Å². The predicted octanol–water partition coefficient (Wildman–Crippen LogP) is 11.1. The van der Waals surface area contributed by atoms with E-state index >= 15 is 0 Å². The molecule has 6 aromatic rings. The van der Waals surface area contributed by atoms with Crippen LogP contribution in [-0.4, -0.2) is 57.3 Å². The van der Waals surface area contributed by atoms with Gasteiger partial charge in [-0.3, -0.25) is 15.0 Å². The summed E-state index contributed by atoms with van der Waals surface area (Å²) in [6.07, 6.45) is 0. The van der Waals surface area contributed by atoms with Crippen LogP contribution in [0.5, 0.6) is 0 Å². The van der Waals surface area contributed by atoms with Gasteiger partial charge in [-0.25, -0.2) is 0 Å². The first-order valence-corrected chi connectivity index (χ1v) is 17.2. The summed E-state index contributed by atoms with van der Waals surface area (Å²) in [5.41, 5.74) is 12.2. The zero-order chi connectivity index (χ0) is 36.2. The van der Waals surface area contributed by atoms with E-state index in [4.69, 9.17) is 5.11 Å². The van der Waals surface area contributed by atoms with E-state index in [0.717, 1.165) is 72.7 Å². The molecule has 0 spiro atoms. The molecule has 258 valence electrons. The van der Waals surface area contributed by atoms with Gasteiger partial charge in [0.1, 0.15) is 0 Å². The first-order valence-electron chi connectivity index (χ1n) is 17.2. The lowest BCUT2D eigenvalue weighted by atomic mass is 9.66. The fourth-order valence-electron chi connectivity index (χ4n) is 7.01. The highest BCUT2D eigenvalue weighted by molar-refractivity contribution is 5.92. The molecular weight excluding hydrogens is 643 g/mol. The second-order valence-electron chi connectivity index (χ2n) is 13.3. The standard InChI is InChI=1S/C43H41N9/c1-50(2)47-44-39-26-24-32(28-36(39)30-16-9-7-10-17-30)43(33-25-27-40(45-48-51(3)4)37(29-33)31-18-11-8-12-19-31)38-22-14-13-20-34(38)35-21-15-23-41(42(35)43)46-49-52(5)6/h7-29H,1-6H3/b47-44+,48-45+,49-46+. The van der Waals surface area contributed by atoms with E-state index in [2.05, 4.69) is 153 Å². The van der Waals surface area contributed by atoms with Crippen molar-refractivity contribution >= 4 is 17.1 Å². The van der Waals surface area contributed by atoms with Crippen LogP contribution in [0, 0.1) is 0 Å². The Kier molecular flexibility index (Phi) is 9.41. The second kappa shape index (κ2) is 14.4. The Morgan fingerprint density at radius 1 is 0.385 bits per heavy atom. The van der Waals surface area contributed by atoms with Crippen molar-refractivity contribution in [1.82, 2.24) is 15.0 Å². The summed E-state index contributed by atoms with van der Waals surface area (Å²) >= 11 is 0. The molecule has 0 saturated heterocycles. The van der Waals surface area contributed by atoms with Crippen LogP contribution in [-0.2, 0) is 5.41 Å². The molecule has 0 aliphatic heterocycles. The van der Waals surface area contributed by atoms with Crippen LogP contribution in [0.4, 0.5) is 17.1 Å². The molecule has 0 aromatic heterocycles. The minimum Gasteiger partial charge on any atom is -0.285 e. The van der Waals surface area contributed by atoms with Crippen LogP contribution in [0.3, 0.4) is 0 Å². The van der Waals surface area contributed by atoms with Gasteiger partial charge in [0.2, 0.25) is 0 Å². The number of hydrogen-bond donors (Lipinski definition) is 0. The van der Waals surface area contributed by atoms with E-state index in [-0.39, 0.29) is 0 Å². The van der Waals surface area contributed by atoms with Gasteiger partial charge in [-0.2, -0.15) is 0 Å². The lowest BCUT2D eigenvalue weighted by molar-refractivity contribution is 0.408. The molecule has 52 heavy (non-hydrogen) atoms. The number of hydrogen-bond acceptors (Lipinski definition) is 6. The van der Waals surface area contributed by atoms with Crippen molar-refractivity contribution in [2.45, 2.75) is 5.41 Å². The van der Waals surface area contributed by atoms with E-state index in [1.165, 1.54) is 0 Å². The summed E-state index contributed by atoms with van der Waals surface area (Å²) < 4.78 is 0. The molecule has 0 unspecified atom stereocenters. The Labute approximate surface area is 305 Å². The normalized spacial score (nSPS) is 13.1. The Morgan fingerprint density at radius 2 is 0.827 bits per heavy atom. The molecule has 0 saturated carbocycles. The maximum Gasteiger partial charge on any atom is 0.0952 e. The average Bonchev–Trinajstić information content (AvgIpc) is 3.47. The van der Waals surface area contributed by atoms with Gasteiger partial charge in [-0.15, -0.1) is 15.3 Å². The summed E-state index contributed by atoms with van der Waals surface area (Å²) in [5, 5.41) is 32.7. The van der Waals surface area contributed by atoms with Crippen LogP contribution >= 0.6 is 0 Å². The van der Waals surface area contributed by atoms with Crippen molar-refractivity contribution in [1.29, 1.82) is 0 Å². The largest absolute Gasteiger partial charge is 0.285 e. The Hall–Kier alpha value is -6.48. The van der Waals surface area contributed by atoms with Crippen LogP contribution in [0.1, 0.15) is 22.3 Å². The van der Waals surface area contributed by atoms with Gasteiger partial charge < -0.3 is 0 Å². The lowest BCUT2D eigenvalue weighted by Gasteiger charge is -2.35. The highest BCUT2D eigenvalue weighted by Gasteiger charge is 2.48. The van der Waals surface area contributed by atoms with Crippen LogP contribution in [0.25, 0.3) is 33.4 Å². The number of fused-ring (bicyclic) bond motifs is 3. The zero-order valence-electron chi connectivity index (χ0n) is 30.3. The molecule has 0 atom stereocenters. The van der Waals surface area contributed by atoms with Gasteiger partial charge in [0, 0.05) is 59.0 Å². The Balaban J connectivity index is 1.62. The smallest absolute Gasteiger partial charge is 0.0952 e. The maximum atomic E-state index is 4.87. The second-order valence-corrected chi connectivity index (χ2v) is 13.3. The quantitative estimate of drug-likeness (QED) is 0.106. The van der Waals surface area contributed by atoms with Crippen molar-refractivity contribution in [2.24, 2.45) is 31.0 Å². The SMILES string of the molecule is CN(C)/N=N/c1ccc(C2(c3ccc(/N=N/N(C)C)c(-c4ccccc4)c3)c3ccccc3-c3cccc(/N=N/N(C)C)c32)cc1-c1ccccc1. The summed E-state index contributed by atoms with van der Waals surface area (Å²) in [6, 6.07) is 48.8. The highest BCUT2D eigenvalue weighted by atomic mass is 15.5. The highest BCUT2D eigenvalue weighted by Crippen LogP contribution is 2.60. The van der Waals surface area contributed by atoms with Crippen LogP contribution in [0.15, 0.2) is 171 Å². The van der Waals surface area contributed by atoms with Crippen LogP contribution < -0.4 is 0 Å². The van der Waals surface area contributed by atoms with E-state index in [9.17, 15) is 0 Å². The molecule has 0 amide bonds. The van der Waals surface area contributed by atoms with Crippen molar-refractivity contribution in [3.63, 3.8) is 0 Å². The molecule has 9 nitrogen and oxygen atoms in total. The van der Waals surface area contributed by atoms with Crippen molar-refractivity contribution in [3.05, 3.63) is 162 Å². The minimum absolute atomic E-state index is 0.773. The molecule has 0 radical (unpaired) electrons. The molecule has 1 aliphatic carbocycles. The fourth-order valence-corrected chi connectivity index (χ4v) is 7.01. The first-order chi connectivity index (χ1) is 25.3. The predicted molar refractivity (Wildman–Crippen MR) is 209 cm³/mol. The Bertz CT molecular complexity index is 2190. The van der Waals surface area contributed by atoms with E-state index in [0.29, 0.717) is 0 Å². The maximum absolute atomic E-state index is 4.87. The molecule has 7 rings (SSSR count). The van der Waals surface area contributed by atoms with Gasteiger partial charge in [0.25, 0.3) is 0 Å². The van der Waals surface area contributed by atoms with Crippen molar-refractivity contribution < 1.29 is 0 Å². The molecule has 0 bridgehead atoms. The number of nitrogens with zero attached hydrogens (tertiary/aromatic N) is 9. The topological polar surface area (TPSA) is 83.9 Å². The summed E-state index contributed by atoms with van der Waals surface area (Å²) in [5.74, 6) is 0. The van der Waals surface area contributed by atoms with Gasteiger partial charge in [-0.1, -0.05) is 125 Å². The average molecular weight is 684 g/mol. The third-order valence-electron chi connectivity index (χ3n) is 9.06. The van der Waals surface area contributed by atoms with Gasteiger partial charge >= 0.3 is 0 Å². The zero-order valence-corrected chi connectivity index (χ0v) is 30.3. The fraction of sp³-hybridized carbons (Fsp3) is 0.163. The molecule has 0 heterocycles. The molecule has 1 aliphatic rings. The van der Waals surface area contributed by atoms with Crippen LogP contribution in [0.2, 0.25) is 0 Å². The molecule has 9 heteroatoms. The van der Waals surface area contributed by atoms with Crippen molar-refractivity contribution in [3.8, 4) is 33.4 Å². The van der Waals surface area contributed by atoms with Gasteiger partial charge in [0.15, 0.2) is 0 Å². The van der Waals surface area contributed by atoms with E-state index in [1.54, 1.807) is 15.0 Å². The molecule has 0 N–H and O–H groups in total. The summed E-state index contributed by atoms with van der Waals surface area (Å²) in [7, 11) is 11.3. The summed E-state index contributed by atoms with van der Waals surface area (Å²) in [6.45, 7) is 0.